The lowest BCUT2D eigenvalue weighted by Crippen LogP contribution is -2.38. The van der Waals surface area contributed by atoms with Crippen LogP contribution in [0.25, 0.3) is 0 Å². The summed E-state index contributed by atoms with van der Waals surface area (Å²) in [7, 11) is -3.04. The molecule has 0 bridgehead atoms. The number of carbonyl (C=O) groups is 1. The second-order valence-electron chi connectivity index (χ2n) is 7.46. The fourth-order valence-corrected chi connectivity index (χ4v) is 6.81. The van der Waals surface area contributed by atoms with Crippen molar-refractivity contribution in [2.75, 3.05) is 16.4 Å². The van der Waals surface area contributed by atoms with Crippen molar-refractivity contribution in [2.45, 2.75) is 39.0 Å². The Morgan fingerprint density at radius 3 is 2.62 bits per heavy atom. The second kappa shape index (κ2) is 5.88. The summed E-state index contributed by atoms with van der Waals surface area (Å²) >= 11 is 1.41. The van der Waals surface area contributed by atoms with Gasteiger partial charge in [-0.15, -0.1) is 0 Å². The van der Waals surface area contributed by atoms with Crippen molar-refractivity contribution in [3.8, 4) is 0 Å². The number of hydrogen-bond acceptors (Lipinski definition) is 4. The van der Waals surface area contributed by atoms with Gasteiger partial charge < -0.3 is 4.90 Å². The molecule has 2 heterocycles. The number of sulfone groups is 1. The average molecular weight is 367 g/mol. The molecule has 0 aliphatic carbocycles. The van der Waals surface area contributed by atoms with E-state index in [0.717, 1.165) is 11.3 Å². The maximum Gasteiger partial charge on any atom is 0.253 e. The number of amidine groups is 1. The topological polar surface area (TPSA) is 66.8 Å². The van der Waals surface area contributed by atoms with E-state index in [1.165, 1.54) is 11.8 Å². The van der Waals surface area contributed by atoms with E-state index in [0.29, 0.717) is 5.17 Å². The van der Waals surface area contributed by atoms with Gasteiger partial charge in [-0.25, -0.2) is 8.42 Å². The molecule has 7 heteroatoms. The van der Waals surface area contributed by atoms with Crippen LogP contribution in [0.1, 0.15) is 26.3 Å². The van der Waals surface area contributed by atoms with Crippen LogP contribution in [0.5, 0.6) is 0 Å². The van der Waals surface area contributed by atoms with Crippen molar-refractivity contribution in [2.24, 2.45) is 10.4 Å². The Balaban J connectivity index is 2.03. The predicted octanol–water partition coefficient (Wildman–Crippen LogP) is 2.64. The Morgan fingerprint density at radius 1 is 1.29 bits per heavy atom. The minimum absolute atomic E-state index is 0.0676. The van der Waals surface area contributed by atoms with Crippen LogP contribution in [-0.2, 0) is 14.6 Å². The Labute approximate surface area is 147 Å². The Morgan fingerprint density at radius 2 is 2.00 bits per heavy atom. The predicted molar refractivity (Wildman–Crippen MR) is 99.4 cm³/mol. The summed E-state index contributed by atoms with van der Waals surface area (Å²) in [6.07, 6.45) is 0. The lowest BCUT2D eigenvalue weighted by molar-refractivity contribution is -0.124. The van der Waals surface area contributed by atoms with Gasteiger partial charge >= 0.3 is 0 Å². The van der Waals surface area contributed by atoms with Gasteiger partial charge in [0.1, 0.15) is 0 Å². The number of rotatable bonds is 1. The molecule has 1 aromatic carbocycles. The standard InChI is InChI=1S/C17H22N2O3S2/c1-11-6-5-7-12(8-11)19-13-9-24(21,22)10-14(13)23-16(19)18-15(20)17(2,3)4/h5-8,13-14H,9-10H2,1-4H3/t13-,14-/m0/s1. The van der Waals surface area contributed by atoms with E-state index in [1.807, 2.05) is 56.9 Å². The van der Waals surface area contributed by atoms with Crippen molar-refractivity contribution in [3.63, 3.8) is 0 Å². The van der Waals surface area contributed by atoms with Gasteiger partial charge in [-0.05, 0) is 24.6 Å². The van der Waals surface area contributed by atoms with Crippen LogP contribution in [-0.4, -0.2) is 42.3 Å². The lowest BCUT2D eigenvalue weighted by atomic mass is 9.96. The Hall–Kier alpha value is -1.34. The zero-order valence-corrected chi connectivity index (χ0v) is 15.9. The number of nitrogens with zero attached hydrogens (tertiary/aromatic N) is 2. The quantitative estimate of drug-likeness (QED) is 0.764. The first-order valence-electron chi connectivity index (χ1n) is 7.93. The minimum Gasteiger partial charge on any atom is -0.316 e. The van der Waals surface area contributed by atoms with Gasteiger partial charge in [-0.1, -0.05) is 44.7 Å². The maximum atomic E-state index is 12.4. The summed E-state index contributed by atoms with van der Waals surface area (Å²) < 4.78 is 24.1. The first-order chi connectivity index (χ1) is 11.1. The summed E-state index contributed by atoms with van der Waals surface area (Å²) in [6.45, 7) is 7.50. The zero-order valence-electron chi connectivity index (χ0n) is 14.3. The third-order valence-corrected chi connectivity index (χ3v) is 7.39. The van der Waals surface area contributed by atoms with Crippen molar-refractivity contribution >= 4 is 38.4 Å². The molecule has 2 aliphatic rings. The average Bonchev–Trinajstić information content (AvgIpc) is 2.88. The van der Waals surface area contributed by atoms with Gasteiger partial charge in [-0.3, -0.25) is 4.79 Å². The van der Waals surface area contributed by atoms with Gasteiger partial charge in [0.15, 0.2) is 15.0 Å². The molecule has 2 fully saturated rings. The highest BCUT2D eigenvalue weighted by Crippen LogP contribution is 2.41. The Bertz CT molecular complexity index is 809. The number of benzene rings is 1. The van der Waals surface area contributed by atoms with Gasteiger partial charge in [0.2, 0.25) is 0 Å². The molecule has 2 aliphatic heterocycles. The minimum atomic E-state index is -3.04. The molecule has 1 amide bonds. The van der Waals surface area contributed by atoms with Gasteiger partial charge in [0.05, 0.1) is 17.5 Å². The largest absolute Gasteiger partial charge is 0.316 e. The third-order valence-electron chi connectivity index (χ3n) is 4.19. The van der Waals surface area contributed by atoms with Crippen LogP contribution >= 0.6 is 11.8 Å². The van der Waals surface area contributed by atoms with Crippen molar-refractivity contribution < 1.29 is 13.2 Å². The molecule has 2 saturated heterocycles. The highest BCUT2D eigenvalue weighted by atomic mass is 32.2. The van der Waals surface area contributed by atoms with Crippen molar-refractivity contribution in [1.29, 1.82) is 0 Å². The molecule has 0 radical (unpaired) electrons. The smallest absolute Gasteiger partial charge is 0.253 e. The molecule has 3 rings (SSSR count). The molecule has 0 spiro atoms. The molecule has 130 valence electrons. The Kier molecular flexibility index (Phi) is 4.28. The fourth-order valence-electron chi connectivity index (χ4n) is 2.90. The summed E-state index contributed by atoms with van der Waals surface area (Å²) in [5.74, 6) is 0.0693. The summed E-state index contributed by atoms with van der Waals surface area (Å²) in [6, 6.07) is 7.72. The fraction of sp³-hybridized carbons (Fsp3) is 0.529. The number of thioether (sulfide) groups is 1. The molecule has 2 atom stereocenters. The van der Waals surface area contributed by atoms with E-state index in [4.69, 9.17) is 0 Å². The number of hydrogen-bond donors (Lipinski definition) is 0. The van der Waals surface area contributed by atoms with E-state index in [-0.39, 0.29) is 28.7 Å². The highest BCUT2D eigenvalue weighted by molar-refractivity contribution is 8.16. The summed E-state index contributed by atoms with van der Waals surface area (Å²) in [5, 5.41) is 0.549. The molecule has 0 aromatic heterocycles. The van der Waals surface area contributed by atoms with Crippen molar-refractivity contribution in [3.05, 3.63) is 29.8 Å². The summed E-state index contributed by atoms with van der Waals surface area (Å²) in [4.78, 5) is 18.6. The molecule has 0 saturated carbocycles. The van der Waals surface area contributed by atoms with Crippen molar-refractivity contribution in [1.82, 2.24) is 0 Å². The number of anilines is 1. The lowest BCUT2D eigenvalue weighted by Gasteiger charge is -2.25. The van der Waals surface area contributed by atoms with E-state index >= 15 is 0 Å². The molecule has 0 unspecified atom stereocenters. The van der Waals surface area contributed by atoms with Gasteiger partial charge in [-0.2, -0.15) is 4.99 Å². The monoisotopic (exact) mass is 366 g/mol. The normalized spacial score (nSPS) is 27.5. The summed E-state index contributed by atoms with van der Waals surface area (Å²) in [5.41, 5.74) is 1.42. The highest BCUT2D eigenvalue weighted by Gasteiger charge is 2.49. The van der Waals surface area contributed by atoms with E-state index in [2.05, 4.69) is 4.99 Å². The van der Waals surface area contributed by atoms with Crippen LogP contribution in [0, 0.1) is 12.3 Å². The number of fused-ring (bicyclic) bond motifs is 1. The van der Waals surface area contributed by atoms with E-state index < -0.39 is 15.3 Å². The van der Waals surface area contributed by atoms with Crippen LogP contribution < -0.4 is 4.90 Å². The maximum absolute atomic E-state index is 12.4. The molecular weight excluding hydrogens is 344 g/mol. The SMILES string of the molecule is Cc1cccc(N2C(=NC(=O)C(C)(C)C)S[C@H]3CS(=O)(=O)C[C@@H]32)c1. The van der Waals surface area contributed by atoms with E-state index in [9.17, 15) is 13.2 Å². The number of aryl methyl sites for hydroxylation is 1. The van der Waals surface area contributed by atoms with Gasteiger partial charge in [0, 0.05) is 16.4 Å². The number of aliphatic imine (C=N–C) groups is 1. The first kappa shape index (κ1) is 17.5. The van der Waals surface area contributed by atoms with Crippen LogP contribution in [0.2, 0.25) is 0 Å². The van der Waals surface area contributed by atoms with Crippen LogP contribution in [0.4, 0.5) is 5.69 Å². The van der Waals surface area contributed by atoms with Crippen LogP contribution in [0.3, 0.4) is 0 Å². The molecular formula is C17H22N2O3S2. The zero-order chi connectivity index (χ0) is 17.7. The number of amides is 1. The van der Waals surface area contributed by atoms with Gasteiger partial charge in [0.25, 0.3) is 5.91 Å². The first-order valence-corrected chi connectivity index (χ1v) is 10.6. The third kappa shape index (κ3) is 3.37. The second-order valence-corrected chi connectivity index (χ2v) is 10.8. The molecule has 1 aromatic rings. The number of carbonyl (C=O) groups excluding carboxylic acids is 1. The molecule has 0 N–H and O–H groups in total. The van der Waals surface area contributed by atoms with E-state index in [1.54, 1.807) is 0 Å². The molecule has 5 nitrogen and oxygen atoms in total. The molecule has 24 heavy (non-hydrogen) atoms. The van der Waals surface area contributed by atoms with Crippen LogP contribution in [0.15, 0.2) is 29.3 Å².